The summed E-state index contributed by atoms with van der Waals surface area (Å²) in [6, 6.07) is 57.1. The number of benzene rings is 7. The van der Waals surface area contributed by atoms with Crippen LogP contribution in [-0.4, -0.2) is 15.0 Å². The first-order chi connectivity index (χ1) is 25.5. The highest BCUT2D eigenvalue weighted by molar-refractivity contribution is 6.13. The van der Waals surface area contributed by atoms with Gasteiger partial charge in [0.2, 0.25) is 0 Å². The van der Waals surface area contributed by atoms with Crippen LogP contribution in [0.25, 0.3) is 89.5 Å². The number of furan rings is 1. The predicted octanol–water partition coefficient (Wildman–Crippen LogP) is 12.4. The van der Waals surface area contributed by atoms with E-state index in [1.807, 2.05) is 54.6 Å². The highest BCUT2D eigenvalue weighted by Gasteiger charge is 2.37. The van der Waals surface area contributed by atoms with Gasteiger partial charge in [0.1, 0.15) is 11.2 Å². The Bertz CT molecular complexity index is 2820. The second-order valence-corrected chi connectivity index (χ2v) is 14.0. The summed E-state index contributed by atoms with van der Waals surface area (Å²) in [5.74, 6) is 1.84. The fourth-order valence-electron chi connectivity index (χ4n) is 8.15. The third-order valence-corrected chi connectivity index (χ3v) is 10.5. The fourth-order valence-corrected chi connectivity index (χ4v) is 8.15. The van der Waals surface area contributed by atoms with E-state index >= 15 is 0 Å². The molecule has 1 aliphatic rings. The van der Waals surface area contributed by atoms with E-state index in [0.717, 1.165) is 55.3 Å². The topological polar surface area (TPSA) is 51.8 Å². The summed E-state index contributed by atoms with van der Waals surface area (Å²) >= 11 is 0. The Morgan fingerprint density at radius 3 is 1.77 bits per heavy atom. The van der Waals surface area contributed by atoms with Crippen LogP contribution in [0.2, 0.25) is 0 Å². The lowest BCUT2D eigenvalue weighted by Crippen LogP contribution is -2.16. The van der Waals surface area contributed by atoms with Crippen molar-refractivity contribution < 1.29 is 4.42 Å². The smallest absolute Gasteiger partial charge is 0.164 e. The molecule has 0 bridgehead atoms. The van der Waals surface area contributed by atoms with Crippen molar-refractivity contribution in [3.63, 3.8) is 0 Å². The molecule has 0 saturated heterocycles. The molecular formula is C48H33N3O. The van der Waals surface area contributed by atoms with Gasteiger partial charge in [0.05, 0.1) is 0 Å². The molecule has 0 unspecified atom stereocenters. The molecule has 4 heteroatoms. The number of rotatable bonds is 5. The Hall–Kier alpha value is -6.65. The zero-order chi connectivity index (χ0) is 34.8. The summed E-state index contributed by atoms with van der Waals surface area (Å²) in [6.07, 6.45) is 0. The Balaban J connectivity index is 1.19. The SMILES string of the molecule is CC1(C)c2ccccc2-c2cccc(-c3ccc4oc5cccc(-c6nc(-c7ccccc7)nc(-c7ccccc7-c7ccccc7)n6)c5c4c3)c21. The summed E-state index contributed by atoms with van der Waals surface area (Å²) in [6.45, 7) is 4.67. The lowest BCUT2D eigenvalue weighted by atomic mass is 9.79. The van der Waals surface area contributed by atoms with E-state index in [1.165, 1.54) is 27.8 Å². The van der Waals surface area contributed by atoms with E-state index in [2.05, 4.69) is 123 Å². The molecule has 7 aromatic carbocycles. The lowest BCUT2D eigenvalue weighted by molar-refractivity contribution is 0.662. The second-order valence-electron chi connectivity index (χ2n) is 14.0. The maximum Gasteiger partial charge on any atom is 0.164 e. The van der Waals surface area contributed by atoms with Crippen molar-refractivity contribution >= 4 is 21.9 Å². The van der Waals surface area contributed by atoms with Gasteiger partial charge >= 0.3 is 0 Å². The number of fused-ring (bicyclic) bond motifs is 6. The molecule has 0 fully saturated rings. The Kier molecular flexibility index (Phi) is 6.80. The molecule has 246 valence electrons. The molecule has 0 atom stereocenters. The molecule has 0 aliphatic heterocycles. The second kappa shape index (κ2) is 11.7. The van der Waals surface area contributed by atoms with Gasteiger partial charge in [-0.2, -0.15) is 0 Å². The molecule has 10 rings (SSSR count). The zero-order valence-electron chi connectivity index (χ0n) is 28.8. The molecule has 0 amide bonds. The molecule has 4 nitrogen and oxygen atoms in total. The van der Waals surface area contributed by atoms with Crippen LogP contribution in [0.15, 0.2) is 168 Å². The average molecular weight is 668 g/mol. The molecule has 52 heavy (non-hydrogen) atoms. The van der Waals surface area contributed by atoms with Gasteiger partial charge in [0.15, 0.2) is 17.5 Å². The predicted molar refractivity (Wildman–Crippen MR) is 212 cm³/mol. The molecule has 0 saturated carbocycles. The van der Waals surface area contributed by atoms with Crippen molar-refractivity contribution in [1.29, 1.82) is 0 Å². The molecule has 9 aromatic rings. The van der Waals surface area contributed by atoms with Crippen molar-refractivity contribution in [2.24, 2.45) is 0 Å². The van der Waals surface area contributed by atoms with Crippen LogP contribution in [-0.2, 0) is 5.41 Å². The van der Waals surface area contributed by atoms with Crippen LogP contribution in [0.5, 0.6) is 0 Å². The molecule has 1 aliphatic carbocycles. The first kappa shape index (κ1) is 30.2. The lowest BCUT2D eigenvalue weighted by Gasteiger charge is -2.24. The van der Waals surface area contributed by atoms with Crippen LogP contribution < -0.4 is 0 Å². The van der Waals surface area contributed by atoms with E-state index in [1.54, 1.807) is 0 Å². The van der Waals surface area contributed by atoms with Crippen LogP contribution in [0.4, 0.5) is 0 Å². The Morgan fingerprint density at radius 2 is 0.981 bits per heavy atom. The summed E-state index contributed by atoms with van der Waals surface area (Å²) in [7, 11) is 0. The van der Waals surface area contributed by atoms with Gasteiger partial charge in [-0.1, -0.05) is 159 Å². The number of aromatic nitrogens is 3. The summed E-state index contributed by atoms with van der Waals surface area (Å²) < 4.78 is 6.53. The Labute approximate surface area is 302 Å². The third-order valence-electron chi connectivity index (χ3n) is 10.5. The zero-order valence-corrected chi connectivity index (χ0v) is 28.8. The summed E-state index contributed by atoms with van der Waals surface area (Å²) in [4.78, 5) is 15.5. The fraction of sp³-hybridized carbons (Fsp3) is 0.0625. The quantitative estimate of drug-likeness (QED) is 0.183. The Morgan fingerprint density at radius 1 is 0.404 bits per heavy atom. The average Bonchev–Trinajstić information content (AvgIpc) is 3.70. The van der Waals surface area contributed by atoms with E-state index in [-0.39, 0.29) is 5.41 Å². The largest absolute Gasteiger partial charge is 0.456 e. The van der Waals surface area contributed by atoms with Gasteiger partial charge in [0.25, 0.3) is 0 Å². The minimum Gasteiger partial charge on any atom is -0.456 e. The van der Waals surface area contributed by atoms with E-state index in [4.69, 9.17) is 19.4 Å². The van der Waals surface area contributed by atoms with Gasteiger partial charge < -0.3 is 4.42 Å². The van der Waals surface area contributed by atoms with Crippen molar-refractivity contribution in [1.82, 2.24) is 15.0 Å². The minimum absolute atomic E-state index is 0.133. The van der Waals surface area contributed by atoms with Gasteiger partial charge in [-0.3, -0.25) is 0 Å². The highest BCUT2D eigenvalue weighted by Crippen LogP contribution is 2.52. The summed E-state index contributed by atoms with van der Waals surface area (Å²) in [5.41, 5.74) is 14.2. The van der Waals surface area contributed by atoms with Crippen LogP contribution in [0.1, 0.15) is 25.0 Å². The number of nitrogens with zero attached hydrogens (tertiary/aromatic N) is 3. The van der Waals surface area contributed by atoms with E-state index < -0.39 is 0 Å². The van der Waals surface area contributed by atoms with Crippen LogP contribution in [0, 0.1) is 0 Å². The van der Waals surface area contributed by atoms with E-state index in [9.17, 15) is 0 Å². The maximum absolute atomic E-state index is 6.53. The van der Waals surface area contributed by atoms with E-state index in [0.29, 0.717) is 17.5 Å². The minimum atomic E-state index is -0.133. The highest BCUT2D eigenvalue weighted by atomic mass is 16.3. The maximum atomic E-state index is 6.53. The number of hydrogen-bond acceptors (Lipinski definition) is 4. The standard InChI is InChI=1S/C48H33N3O/c1-48(2)40-25-12-11-20-35(40)36-23-13-22-34(44(36)48)32-27-28-41-39(29-32)43-38(24-14-26-42(43)52-41)47-50-45(31-17-7-4-8-18-31)49-46(51-47)37-21-10-9-19-33(37)30-15-5-3-6-16-30/h3-29H,1-2H3. The van der Waals surface area contributed by atoms with Crippen molar-refractivity contribution in [3.8, 4) is 67.5 Å². The molecule has 2 aromatic heterocycles. The molecular weight excluding hydrogens is 635 g/mol. The van der Waals surface area contributed by atoms with Gasteiger partial charge in [-0.15, -0.1) is 0 Å². The molecule has 0 N–H and O–H groups in total. The van der Waals surface area contributed by atoms with Gasteiger partial charge in [-0.25, -0.2) is 15.0 Å². The van der Waals surface area contributed by atoms with Crippen molar-refractivity contribution in [2.45, 2.75) is 19.3 Å². The van der Waals surface area contributed by atoms with Crippen LogP contribution >= 0.6 is 0 Å². The molecule has 0 spiro atoms. The number of hydrogen-bond donors (Lipinski definition) is 0. The molecule has 2 heterocycles. The third kappa shape index (κ3) is 4.72. The van der Waals surface area contributed by atoms with Gasteiger partial charge in [-0.05, 0) is 62.7 Å². The molecule has 0 radical (unpaired) electrons. The van der Waals surface area contributed by atoms with Crippen molar-refractivity contribution in [2.75, 3.05) is 0 Å². The first-order valence-electron chi connectivity index (χ1n) is 17.7. The summed E-state index contributed by atoms with van der Waals surface area (Å²) in [5, 5.41) is 2.02. The van der Waals surface area contributed by atoms with Gasteiger partial charge in [0, 0.05) is 32.9 Å². The van der Waals surface area contributed by atoms with Crippen molar-refractivity contribution in [3.05, 3.63) is 175 Å². The van der Waals surface area contributed by atoms with Crippen LogP contribution in [0.3, 0.4) is 0 Å². The first-order valence-corrected chi connectivity index (χ1v) is 17.7. The normalized spacial score (nSPS) is 13.0. The monoisotopic (exact) mass is 667 g/mol.